The van der Waals surface area contributed by atoms with Crippen LogP contribution in [0.5, 0.6) is 17.4 Å². The molecular weight excluding hydrogens is 635 g/mol. The first kappa shape index (κ1) is 24.1. The van der Waals surface area contributed by atoms with Gasteiger partial charge in [0.1, 0.15) is 11.3 Å². The molecule has 2 atom stereocenters. The molecular formula is C29H25N2O2PtS-. The topological polar surface area (TPSA) is 54.7 Å². The molecule has 0 amide bonds. The van der Waals surface area contributed by atoms with E-state index in [0.29, 0.717) is 22.4 Å². The van der Waals surface area contributed by atoms with Gasteiger partial charge in [0, 0.05) is 48.6 Å². The number of benzene rings is 3. The Labute approximate surface area is 224 Å². The summed E-state index contributed by atoms with van der Waals surface area (Å²) < 4.78 is 6.03. The zero-order valence-corrected chi connectivity index (χ0v) is 22.6. The van der Waals surface area contributed by atoms with Gasteiger partial charge in [0.2, 0.25) is 5.88 Å². The molecule has 180 valence electrons. The predicted molar refractivity (Wildman–Crippen MR) is 138 cm³/mol. The first-order valence-corrected chi connectivity index (χ1v) is 12.4. The van der Waals surface area contributed by atoms with Gasteiger partial charge in [-0.15, -0.1) is 23.8 Å². The van der Waals surface area contributed by atoms with E-state index < -0.39 is 0 Å². The van der Waals surface area contributed by atoms with Crippen LogP contribution in [0.15, 0.2) is 77.8 Å². The molecule has 4 aromatic rings. The van der Waals surface area contributed by atoms with Crippen molar-refractivity contribution in [2.45, 2.75) is 38.0 Å². The molecule has 0 saturated carbocycles. The SMILES string of the molecule is CC1(C)Cc2ccccc2C[C@@H]2N=C(c3[c-]c(Oc4ccc5cccc(O)c5n4)ccc3)S[C@@H]21.[Pt]. The van der Waals surface area contributed by atoms with E-state index in [1.54, 1.807) is 12.1 Å². The minimum atomic E-state index is 0. The smallest absolute Gasteiger partial charge is 0.217 e. The number of phenolic OH excluding ortho intramolecular Hbond substituents is 1. The number of thioether (sulfide) groups is 1. The maximum atomic E-state index is 10.1. The van der Waals surface area contributed by atoms with Crippen molar-refractivity contribution in [2.75, 3.05) is 0 Å². The van der Waals surface area contributed by atoms with Gasteiger partial charge in [-0.05, 0) is 41.5 Å². The Morgan fingerprint density at radius 3 is 2.63 bits per heavy atom. The van der Waals surface area contributed by atoms with Gasteiger partial charge < -0.3 is 14.8 Å². The number of fused-ring (bicyclic) bond motifs is 3. The van der Waals surface area contributed by atoms with Gasteiger partial charge >= 0.3 is 0 Å². The summed E-state index contributed by atoms with van der Waals surface area (Å²) in [6.45, 7) is 4.73. The number of nitrogens with zero attached hydrogens (tertiary/aromatic N) is 2. The number of aliphatic imine (C=N–C) groups is 1. The van der Waals surface area contributed by atoms with Crippen molar-refractivity contribution < 1.29 is 30.9 Å². The van der Waals surface area contributed by atoms with E-state index in [1.165, 1.54) is 11.1 Å². The molecule has 6 rings (SSSR count). The van der Waals surface area contributed by atoms with Crippen LogP contribution < -0.4 is 4.74 Å². The van der Waals surface area contributed by atoms with E-state index in [1.807, 2.05) is 48.2 Å². The second-order valence-electron chi connectivity index (χ2n) is 9.71. The molecule has 0 radical (unpaired) electrons. The maximum absolute atomic E-state index is 10.1. The molecule has 2 aliphatic rings. The quantitative estimate of drug-likeness (QED) is 0.252. The Morgan fingerprint density at radius 1 is 0.971 bits per heavy atom. The van der Waals surface area contributed by atoms with Crippen LogP contribution in [0.25, 0.3) is 10.9 Å². The summed E-state index contributed by atoms with van der Waals surface area (Å²) in [5.74, 6) is 1.14. The Hall–Kier alpha value is -2.62. The number of para-hydroxylation sites is 1. The molecule has 0 fully saturated rings. The first-order valence-electron chi connectivity index (χ1n) is 11.6. The fraction of sp³-hybridized carbons (Fsp3) is 0.241. The molecule has 1 aliphatic carbocycles. The third-order valence-electron chi connectivity index (χ3n) is 6.72. The van der Waals surface area contributed by atoms with Crippen molar-refractivity contribution >= 4 is 27.7 Å². The molecule has 1 aliphatic heterocycles. The van der Waals surface area contributed by atoms with E-state index in [2.05, 4.69) is 49.2 Å². The Balaban J connectivity index is 0.00000253. The number of aromatic nitrogens is 1. The fourth-order valence-corrected chi connectivity index (χ4v) is 6.47. The number of phenols is 1. The number of rotatable bonds is 3. The molecule has 4 nitrogen and oxygen atoms in total. The molecule has 6 heteroatoms. The molecule has 0 saturated heterocycles. The van der Waals surface area contributed by atoms with Gasteiger partial charge in [-0.1, -0.05) is 56.3 Å². The van der Waals surface area contributed by atoms with Crippen LogP contribution in [0.1, 0.15) is 30.5 Å². The van der Waals surface area contributed by atoms with Crippen molar-refractivity contribution in [3.63, 3.8) is 0 Å². The van der Waals surface area contributed by atoms with Gasteiger partial charge in [0.15, 0.2) is 0 Å². The molecule has 1 N–H and O–H groups in total. The molecule has 2 heterocycles. The summed E-state index contributed by atoms with van der Waals surface area (Å²) in [5, 5.41) is 12.4. The normalized spacial score (nSPS) is 20.2. The summed E-state index contributed by atoms with van der Waals surface area (Å²) in [4.78, 5) is 9.66. The molecule has 0 bridgehead atoms. The largest absolute Gasteiger partial charge is 0.506 e. The van der Waals surface area contributed by atoms with Crippen LogP contribution in [0.2, 0.25) is 0 Å². The Kier molecular flexibility index (Phi) is 6.50. The summed E-state index contributed by atoms with van der Waals surface area (Å²) in [6, 6.07) is 27.4. The van der Waals surface area contributed by atoms with Gasteiger partial charge in [0.05, 0.1) is 6.04 Å². The molecule has 0 unspecified atom stereocenters. The molecule has 3 aromatic carbocycles. The fourth-order valence-electron chi connectivity index (χ4n) is 5.07. The summed E-state index contributed by atoms with van der Waals surface area (Å²) in [7, 11) is 0. The zero-order chi connectivity index (χ0) is 23.3. The number of pyridine rings is 1. The van der Waals surface area contributed by atoms with Crippen LogP contribution in [0.3, 0.4) is 0 Å². The van der Waals surface area contributed by atoms with Crippen molar-refractivity contribution in [3.05, 3.63) is 95.6 Å². The third-order valence-corrected chi connectivity index (χ3v) is 8.48. The standard InChI is InChI=1S/C29H25N2O2S.Pt/c1-29(2)17-21-8-4-3-7-19(21)16-23-27(29)34-28(30-23)20-10-5-11-22(15-20)33-25-14-13-18-9-6-12-24(32)26(18)31-25;/h3-14,23,27,32H,16-17H2,1-2H3;/q-1;/t23-,27-;/m0./s1. The van der Waals surface area contributed by atoms with Crippen molar-refractivity contribution in [2.24, 2.45) is 10.4 Å². The second kappa shape index (κ2) is 9.44. The number of hydrogen-bond donors (Lipinski definition) is 1. The monoisotopic (exact) mass is 660 g/mol. The predicted octanol–water partition coefficient (Wildman–Crippen LogP) is 6.59. The van der Waals surface area contributed by atoms with Gasteiger partial charge in [0.25, 0.3) is 0 Å². The van der Waals surface area contributed by atoms with Crippen molar-refractivity contribution in [1.82, 2.24) is 4.98 Å². The Bertz CT molecular complexity index is 1440. The van der Waals surface area contributed by atoms with Gasteiger partial charge in [-0.3, -0.25) is 0 Å². The van der Waals surface area contributed by atoms with Crippen LogP contribution in [-0.4, -0.2) is 26.4 Å². The van der Waals surface area contributed by atoms with Gasteiger partial charge in [-0.25, -0.2) is 4.98 Å². The van der Waals surface area contributed by atoms with E-state index >= 15 is 0 Å². The number of hydrogen-bond acceptors (Lipinski definition) is 5. The molecule has 0 spiro atoms. The summed E-state index contributed by atoms with van der Waals surface area (Å²) in [6.07, 6.45) is 2.04. The van der Waals surface area contributed by atoms with E-state index in [-0.39, 0.29) is 38.3 Å². The first-order chi connectivity index (χ1) is 16.5. The van der Waals surface area contributed by atoms with Gasteiger partial charge in [-0.2, -0.15) is 11.8 Å². The minimum absolute atomic E-state index is 0. The number of aromatic hydroxyl groups is 1. The van der Waals surface area contributed by atoms with Crippen molar-refractivity contribution in [1.29, 1.82) is 0 Å². The van der Waals surface area contributed by atoms with E-state index in [0.717, 1.165) is 28.8 Å². The molecule has 35 heavy (non-hydrogen) atoms. The number of ether oxygens (including phenoxy) is 1. The van der Waals surface area contributed by atoms with E-state index in [9.17, 15) is 5.11 Å². The molecule has 1 aromatic heterocycles. The van der Waals surface area contributed by atoms with Crippen LogP contribution in [-0.2, 0) is 33.9 Å². The van der Waals surface area contributed by atoms with Crippen LogP contribution in [0.4, 0.5) is 0 Å². The second-order valence-corrected chi connectivity index (χ2v) is 10.8. The average Bonchev–Trinajstić information content (AvgIpc) is 3.22. The van der Waals surface area contributed by atoms with Crippen LogP contribution >= 0.6 is 11.8 Å². The third kappa shape index (κ3) is 4.64. The van der Waals surface area contributed by atoms with E-state index in [4.69, 9.17) is 9.73 Å². The average molecular weight is 661 g/mol. The van der Waals surface area contributed by atoms with Crippen molar-refractivity contribution in [3.8, 4) is 17.4 Å². The summed E-state index contributed by atoms with van der Waals surface area (Å²) >= 11 is 1.87. The Morgan fingerprint density at radius 2 is 1.77 bits per heavy atom. The maximum Gasteiger partial charge on any atom is 0.217 e. The minimum Gasteiger partial charge on any atom is -0.506 e. The zero-order valence-electron chi connectivity index (χ0n) is 19.5. The summed E-state index contributed by atoms with van der Waals surface area (Å²) in [5.41, 5.74) is 4.48. The van der Waals surface area contributed by atoms with Crippen LogP contribution in [0, 0.1) is 11.5 Å².